The van der Waals surface area contributed by atoms with Crippen LogP contribution in [0.2, 0.25) is 0 Å². The topological polar surface area (TPSA) is 38.3 Å². The largest absolute Gasteiger partial charge is 0.465 e. The minimum Gasteiger partial charge on any atom is -0.465 e. The van der Waals surface area contributed by atoms with Crippen molar-refractivity contribution in [1.29, 1.82) is 0 Å². The Kier molecular flexibility index (Phi) is 4.75. The Balaban J connectivity index is 2.45. The fraction of sp³-hybridized carbons (Fsp3) is 0.235. The number of terminal acetylenes is 1. The Hall–Kier alpha value is -2.31. The van der Waals surface area contributed by atoms with Crippen LogP contribution in [0.25, 0.3) is 10.8 Å². The van der Waals surface area contributed by atoms with E-state index in [9.17, 15) is 4.79 Å². The fourth-order valence-corrected chi connectivity index (χ4v) is 2.21. The Bertz CT molecular complexity index is 637. The molecular formula is C17H17NO2. The maximum atomic E-state index is 12.1. The van der Waals surface area contributed by atoms with Crippen molar-refractivity contribution in [2.45, 2.75) is 13.0 Å². The maximum absolute atomic E-state index is 12.1. The van der Waals surface area contributed by atoms with E-state index in [1.807, 2.05) is 42.5 Å². The highest BCUT2D eigenvalue weighted by atomic mass is 16.5. The quantitative estimate of drug-likeness (QED) is 0.668. The highest BCUT2D eigenvalue weighted by Crippen LogP contribution is 2.25. The molecule has 0 aliphatic heterocycles. The minimum atomic E-state index is -0.544. The molecule has 0 saturated heterocycles. The van der Waals surface area contributed by atoms with Crippen molar-refractivity contribution in [2.75, 3.05) is 13.2 Å². The predicted octanol–water partition coefficient (Wildman–Crippen LogP) is 2.67. The lowest BCUT2D eigenvalue weighted by molar-refractivity contribution is -0.145. The number of rotatable bonds is 5. The van der Waals surface area contributed by atoms with E-state index in [2.05, 4.69) is 11.2 Å². The maximum Gasteiger partial charge on any atom is 0.327 e. The molecule has 0 aliphatic rings. The van der Waals surface area contributed by atoms with Gasteiger partial charge in [-0.25, -0.2) is 4.79 Å². The summed E-state index contributed by atoms with van der Waals surface area (Å²) >= 11 is 0. The van der Waals surface area contributed by atoms with E-state index in [0.717, 1.165) is 16.3 Å². The number of hydrogen-bond donors (Lipinski definition) is 1. The summed E-state index contributed by atoms with van der Waals surface area (Å²) in [5.74, 6) is 2.19. The molecule has 2 aromatic rings. The zero-order chi connectivity index (χ0) is 14.4. The molecule has 0 fully saturated rings. The van der Waals surface area contributed by atoms with Crippen LogP contribution in [-0.4, -0.2) is 19.1 Å². The third-order valence-electron chi connectivity index (χ3n) is 3.06. The van der Waals surface area contributed by atoms with E-state index in [1.165, 1.54) is 0 Å². The van der Waals surface area contributed by atoms with Crippen molar-refractivity contribution < 1.29 is 9.53 Å². The molecule has 0 saturated carbocycles. The van der Waals surface area contributed by atoms with Crippen LogP contribution in [0.3, 0.4) is 0 Å². The molecule has 20 heavy (non-hydrogen) atoms. The molecule has 102 valence electrons. The van der Waals surface area contributed by atoms with Crippen LogP contribution < -0.4 is 5.32 Å². The SMILES string of the molecule is C#CCNC(C(=O)OCC)c1cccc2ccccc12. The Labute approximate surface area is 118 Å². The van der Waals surface area contributed by atoms with Gasteiger partial charge >= 0.3 is 5.97 Å². The van der Waals surface area contributed by atoms with Gasteiger partial charge in [0.05, 0.1) is 13.2 Å². The van der Waals surface area contributed by atoms with Crippen molar-refractivity contribution in [3.05, 3.63) is 48.0 Å². The van der Waals surface area contributed by atoms with Gasteiger partial charge in [-0.1, -0.05) is 48.4 Å². The van der Waals surface area contributed by atoms with Gasteiger partial charge < -0.3 is 4.74 Å². The molecular weight excluding hydrogens is 250 g/mol. The van der Waals surface area contributed by atoms with Crippen LogP contribution in [0, 0.1) is 12.3 Å². The average Bonchev–Trinajstić information content (AvgIpc) is 2.48. The van der Waals surface area contributed by atoms with Crippen molar-refractivity contribution >= 4 is 16.7 Å². The van der Waals surface area contributed by atoms with Gasteiger partial charge in [0.15, 0.2) is 0 Å². The van der Waals surface area contributed by atoms with Gasteiger partial charge in [0.2, 0.25) is 0 Å². The minimum absolute atomic E-state index is 0.306. The smallest absolute Gasteiger partial charge is 0.327 e. The summed E-state index contributed by atoms with van der Waals surface area (Å²) in [6.45, 7) is 2.45. The van der Waals surface area contributed by atoms with Gasteiger partial charge in [-0.05, 0) is 23.3 Å². The molecule has 0 aliphatic carbocycles. The second kappa shape index (κ2) is 6.74. The first-order valence-electron chi connectivity index (χ1n) is 6.59. The van der Waals surface area contributed by atoms with Crippen LogP contribution >= 0.6 is 0 Å². The lowest BCUT2D eigenvalue weighted by Gasteiger charge is -2.18. The third-order valence-corrected chi connectivity index (χ3v) is 3.06. The van der Waals surface area contributed by atoms with Crippen LogP contribution in [-0.2, 0) is 9.53 Å². The highest BCUT2D eigenvalue weighted by molar-refractivity contribution is 5.91. The second-order valence-corrected chi connectivity index (χ2v) is 4.34. The first-order chi connectivity index (χ1) is 9.77. The lowest BCUT2D eigenvalue weighted by Crippen LogP contribution is -2.30. The van der Waals surface area contributed by atoms with Crippen LogP contribution in [0.4, 0.5) is 0 Å². The summed E-state index contributed by atoms with van der Waals surface area (Å²) in [6, 6.07) is 13.3. The lowest BCUT2D eigenvalue weighted by atomic mass is 9.98. The number of hydrogen-bond acceptors (Lipinski definition) is 3. The van der Waals surface area contributed by atoms with Gasteiger partial charge in [-0.2, -0.15) is 0 Å². The van der Waals surface area contributed by atoms with Crippen molar-refractivity contribution in [2.24, 2.45) is 0 Å². The summed E-state index contributed by atoms with van der Waals surface area (Å²) in [4.78, 5) is 12.1. The third kappa shape index (κ3) is 2.98. The van der Waals surface area contributed by atoms with E-state index in [4.69, 9.17) is 11.2 Å². The monoisotopic (exact) mass is 267 g/mol. The number of nitrogens with one attached hydrogen (secondary N) is 1. The van der Waals surface area contributed by atoms with E-state index < -0.39 is 6.04 Å². The summed E-state index contributed by atoms with van der Waals surface area (Å²) in [6.07, 6.45) is 5.28. The Morgan fingerprint density at radius 2 is 2.05 bits per heavy atom. The second-order valence-electron chi connectivity index (χ2n) is 4.34. The van der Waals surface area contributed by atoms with Crippen LogP contribution in [0.1, 0.15) is 18.5 Å². The summed E-state index contributed by atoms with van der Waals surface area (Å²) in [7, 11) is 0. The normalized spacial score (nSPS) is 11.8. The van der Waals surface area contributed by atoms with E-state index >= 15 is 0 Å². The number of carbonyl (C=O) groups is 1. The van der Waals surface area contributed by atoms with Gasteiger partial charge in [-0.3, -0.25) is 5.32 Å². The number of ether oxygens (including phenoxy) is 1. The standard InChI is InChI=1S/C17H17NO2/c1-3-12-18-16(17(19)20-4-2)15-11-7-9-13-8-5-6-10-14(13)15/h1,5-11,16,18H,4,12H2,2H3. The van der Waals surface area contributed by atoms with Crippen LogP contribution in [0.5, 0.6) is 0 Å². The Morgan fingerprint density at radius 3 is 2.80 bits per heavy atom. The van der Waals surface area contributed by atoms with E-state index in [0.29, 0.717) is 13.2 Å². The van der Waals surface area contributed by atoms with Crippen molar-refractivity contribution in [3.8, 4) is 12.3 Å². The molecule has 0 amide bonds. The number of carbonyl (C=O) groups excluding carboxylic acids is 1. The fourth-order valence-electron chi connectivity index (χ4n) is 2.21. The first kappa shape index (κ1) is 14.1. The van der Waals surface area contributed by atoms with Gasteiger partial charge in [-0.15, -0.1) is 6.42 Å². The molecule has 2 aromatic carbocycles. The van der Waals surface area contributed by atoms with Gasteiger partial charge in [0.25, 0.3) is 0 Å². The highest BCUT2D eigenvalue weighted by Gasteiger charge is 2.22. The average molecular weight is 267 g/mol. The summed E-state index contributed by atoms with van der Waals surface area (Å²) in [5.41, 5.74) is 0.886. The van der Waals surface area contributed by atoms with Crippen LogP contribution in [0.15, 0.2) is 42.5 Å². The molecule has 1 atom stereocenters. The molecule has 0 radical (unpaired) electrons. The number of benzene rings is 2. The van der Waals surface area contributed by atoms with Gasteiger partial charge in [0, 0.05) is 0 Å². The molecule has 1 N–H and O–H groups in total. The zero-order valence-electron chi connectivity index (χ0n) is 11.4. The predicted molar refractivity (Wildman–Crippen MR) is 80.2 cm³/mol. The molecule has 1 unspecified atom stereocenters. The Morgan fingerprint density at radius 1 is 1.30 bits per heavy atom. The molecule has 0 spiro atoms. The molecule has 0 aromatic heterocycles. The van der Waals surface area contributed by atoms with Gasteiger partial charge in [0.1, 0.15) is 6.04 Å². The van der Waals surface area contributed by atoms with E-state index in [-0.39, 0.29) is 5.97 Å². The molecule has 2 rings (SSSR count). The van der Waals surface area contributed by atoms with Crippen molar-refractivity contribution in [3.63, 3.8) is 0 Å². The summed E-state index contributed by atoms with van der Waals surface area (Å²) in [5, 5.41) is 5.16. The van der Waals surface area contributed by atoms with E-state index in [1.54, 1.807) is 6.92 Å². The van der Waals surface area contributed by atoms with Crippen molar-refractivity contribution in [1.82, 2.24) is 5.32 Å². The molecule has 0 heterocycles. The number of esters is 1. The molecule has 0 bridgehead atoms. The number of fused-ring (bicyclic) bond motifs is 1. The zero-order valence-corrected chi connectivity index (χ0v) is 11.4. The molecule has 3 heteroatoms. The molecule has 3 nitrogen and oxygen atoms in total. The first-order valence-corrected chi connectivity index (χ1v) is 6.59. The summed E-state index contributed by atoms with van der Waals surface area (Å²) < 4.78 is 5.13.